The van der Waals surface area contributed by atoms with Crippen LogP contribution in [0.25, 0.3) is 28.1 Å². The molecule has 154 valence electrons. The zero-order valence-electron chi connectivity index (χ0n) is 16.2. The lowest BCUT2D eigenvalue weighted by atomic mass is 10.1. The van der Waals surface area contributed by atoms with Crippen molar-refractivity contribution in [2.45, 2.75) is 19.4 Å². The molecule has 0 aliphatic carbocycles. The predicted molar refractivity (Wildman–Crippen MR) is 107 cm³/mol. The second-order valence-corrected chi connectivity index (χ2v) is 7.11. The average Bonchev–Trinajstić information content (AvgIpc) is 3.40. The number of halogens is 1. The molecule has 0 radical (unpaired) electrons. The zero-order valence-corrected chi connectivity index (χ0v) is 16.9. The highest BCUT2D eigenvalue weighted by Crippen LogP contribution is 2.28. The quantitative estimate of drug-likeness (QED) is 0.493. The summed E-state index contributed by atoms with van der Waals surface area (Å²) in [5, 5.41) is 23.1. The van der Waals surface area contributed by atoms with Crippen LogP contribution >= 0.6 is 11.6 Å². The molecular formula is C19H17ClN6O4. The number of nitriles is 1. The molecule has 0 aliphatic heterocycles. The number of hydrogen-bond acceptors (Lipinski definition) is 8. The van der Waals surface area contributed by atoms with E-state index < -0.39 is 5.56 Å². The molecule has 0 saturated heterocycles. The highest BCUT2D eigenvalue weighted by molar-refractivity contribution is 6.32. The number of methoxy groups -OCH3 is 1. The third-order valence-electron chi connectivity index (χ3n) is 4.84. The molecule has 1 atom stereocenters. The molecule has 0 amide bonds. The number of rotatable bonds is 6. The summed E-state index contributed by atoms with van der Waals surface area (Å²) in [5.74, 6) is 0.0561. The Morgan fingerprint density at radius 3 is 2.90 bits per heavy atom. The number of aliphatic hydroxyl groups excluding tert-OH is 1. The van der Waals surface area contributed by atoms with Crippen LogP contribution in [-0.4, -0.2) is 49.5 Å². The molecule has 0 fully saturated rings. The largest absolute Gasteiger partial charge is 0.396 e. The predicted octanol–water partition coefficient (Wildman–Crippen LogP) is 1.97. The summed E-state index contributed by atoms with van der Waals surface area (Å²) in [7, 11) is 1.52. The van der Waals surface area contributed by atoms with Crippen LogP contribution in [0, 0.1) is 11.3 Å². The van der Waals surface area contributed by atoms with Gasteiger partial charge in [-0.2, -0.15) is 10.2 Å². The van der Waals surface area contributed by atoms with Gasteiger partial charge in [0.1, 0.15) is 17.9 Å². The third kappa shape index (κ3) is 3.04. The van der Waals surface area contributed by atoms with Gasteiger partial charge in [0.25, 0.3) is 11.4 Å². The van der Waals surface area contributed by atoms with E-state index in [4.69, 9.17) is 20.9 Å². The Morgan fingerprint density at radius 2 is 2.20 bits per heavy atom. The molecule has 4 aromatic rings. The fourth-order valence-electron chi connectivity index (χ4n) is 3.26. The lowest BCUT2D eigenvalue weighted by molar-refractivity contribution is 0.187. The van der Waals surface area contributed by atoms with Crippen molar-refractivity contribution < 1.29 is 14.4 Å². The van der Waals surface area contributed by atoms with Gasteiger partial charge in [0.2, 0.25) is 0 Å². The minimum absolute atomic E-state index is 0.0667. The molecule has 1 aromatic carbocycles. The van der Waals surface area contributed by atoms with Crippen LogP contribution in [0.5, 0.6) is 0 Å². The molecule has 1 N–H and O–H groups in total. The van der Waals surface area contributed by atoms with Gasteiger partial charge in [-0.15, -0.1) is 0 Å². The number of nitrogens with zero attached hydrogens (tertiary/aromatic N) is 6. The van der Waals surface area contributed by atoms with Gasteiger partial charge in [-0.1, -0.05) is 23.7 Å². The van der Waals surface area contributed by atoms with Crippen LogP contribution in [0.3, 0.4) is 0 Å². The molecule has 10 nitrogen and oxygen atoms in total. The smallest absolute Gasteiger partial charge is 0.278 e. The van der Waals surface area contributed by atoms with Gasteiger partial charge in [-0.05, 0) is 12.1 Å². The highest BCUT2D eigenvalue weighted by atomic mass is 35.5. The standard InChI is InChI=1S/C19H17ClN6O4/c1-10(8-27)17-23-18(30-24-17)14-16-19(28)25(5-6-29-2)15-11(7-21)12(20)3-4-13(15)26(16)9-22-14/h3-4,9-10,27H,5-6,8H2,1-2H3. The van der Waals surface area contributed by atoms with Crippen molar-refractivity contribution in [1.29, 1.82) is 5.26 Å². The summed E-state index contributed by atoms with van der Waals surface area (Å²) < 4.78 is 13.5. The molecule has 0 spiro atoms. The Kier molecular flexibility index (Phi) is 5.26. The number of hydrogen-bond donors (Lipinski definition) is 1. The van der Waals surface area contributed by atoms with Crippen molar-refractivity contribution in [2.75, 3.05) is 20.3 Å². The molecule has 3 heterocycles. The lowest BCUT2D eigenvalue weighted by Crippen LogP contribution is -2.25. The van der Waals surface area contributed by atoms with E-state index in [1.165, 1.54) is 18.0 Å². The maximum atomic E-state index is 13.4. The molecule has 0 saturated carbocycles. The van der Waals surface area contributed by atoms with Gasteiger partial charge in [0.15, 0.2) is 11.5 Å². The van der Waals surface area contributed by atoms with Gasteiger partial charge in [-0.25, -0.2) is 4.98 Å². The summed E-state index contributed by atoms with van der Waals surface area (Å²) in [6.07, 6.45) is 1.46. The van der Waals surface area contributed by atoms with Crippen LogP contribution in [0.1, 0.15) is 24.2 Å². The van der Waals surface area contributed by atoms with Crippen LogP contribution in [0.2, 0.25) is 5.02 Å². The van der Waals surface area contributed by atoms with E-state index in [-0.39, 0.29) is 53.4 Å². The fraction of sp³-hybridized carbons (Fsp3) is 0.316. The normalized spacial score (nSPS) is 12.5. The number of imidazole rings is 1. The molecule has 1 unspecified atom stereocenters. The average molecular weight is 429 g/mol. The van der Waals surface area contributed by atoms with E-state index in [0.717, 1.165) is 0 Å². The number of ether oxygens (including phenoxy) is 1. The van der Waals surface area contributed by atoms with E-state index in [9.17, 15) is 15.2 Å². The van der Waals surface area contributed by atoms with Gasteiger partial charge < -0.3 is 18.9 Å². The number of benzene rings is 1. The van der Waals surface area contributed by atoms with Crippen LogP contribution in [0.4, 0.5) is 0 Å². The molecule has 11 heteroatoms. The first-order valence-corrected chi connectivity index (χ1v) is 9.45. The molecule has 30 heavy (non-hydrogen) atoms. The number of aromatic nitrogens is 5. The molecule has 4 rings (SSSR count). The van der Waals surface area contributed by atoms with E-state index in [2.05, 4.69) is 21.2 Å². The first kappa shape index (κ1) is 20.0. The number of aliphatic hydroxyl groups is 1. The SMILES string of the molecule is COCCn1c(=O)c2c(-c3nc(C(C)CO)no3)ncn2c2ccc(Cl)c(C#N)c21. The third-order valence-corrected chi connectivity index (χ3v) is 5.16. The summed E-state index contributed by atoms with van der Waals surface area (Å²) >= 11 is 6.21. The summed E-state index contributed by atoms with van der Waals surface area (Å²) in [4.78, 5) is 22.0. The minimum atomic E-state index is -0.402. The highest BCUT2D eigenvalue weighted by Gasteiger charge is 2.24. The van der Waals surface area contributed by atoms with Crippen LogP contribution in [-0.2, 0) is 11.3 Å². The Morgan fingerprint density at radius 1 is 1.40 bits per heavy atom. The second-order valence-electron chi connectivity index (χ2n) is 6.70. The molecular weight excluding hydrogens is 412 g/mol. The van der Waals surface area contributed by atoms with Gasteiger partial charge >= 0.3 is 0 Å². The van der Waals surface area contributed by atoms with Crippen molar-refractivity contribution in [3.05, 3.63) is 45.2 Å². The van der Waals surface area contributed by atoms with Crippen LogP contribution in [0.15, 0.2) is 27.8 Å². The van der Waals surface area contributed by atoms with Gasteiger partial charge in [0.05, 0.1) is 34.8 Å². The number of fused-ring (bicyclic) bond motifs is 3. The fourth-order valence-corrected chi connectivity index (χ4v) is 3.45. The van der Waals surface area contributed by atoms with E-state index in [0.29, 0.717) is 16.9 Å². The Hall–Kier alpha value is -3.26. The van der Waals surface area contributed by atoms with E-state index in [1.54, 1.807) is 23.5 Å². The van der Waals surface area contributed by atoms with Crippen molar-refractivity contribution in [3.8, 4) is 17.7 Å². The minimum Gasteiger partial charge on any atom is -0.396 e. The maximum Gasteiger partial charge on any atom is 0.278 e. The van der Waals surface area contributed by atoms with E-state index in [1.807, 2.05) is 0 Å². The monoisotopic (exact) mass is 428 g/mol. The van der Waals surface area contributed by atoms with Crippen molar-refractivity contribution in [3.63, 3.8) is 0 Å². The Labute approximate surface area is 174 Å². The molecule has 3 aromatic heterocycles. The first-order valence-electron chi connectivity index (χ1n) is 9.07. The summed E-state index contributed by atoms with van der Waals surface area (Å²) in [6, 6.07) is 5.39. The van der Waals surface area contributed by atoms with E-state index >= 15 is 0 Å². The summed E-state index contributed by atoms with van der Waals surface area (Å²) in [5.41, 5.74) is 1.19. The zero-order chi connectivity index (χ0) is 21.4. The molecule has 0 aliphatic rings. The topological polar surface area (TPSA) is 131 Å². The maximum absolute atomic E-state index is 13.4. The van der Waals surface area contributed by atoms with Gasteiger partial charge in [0, 0.05) is 19.6 Å². The van der Waals surface area contributed by atoms with Crippen molar-refractivity contribution in [1.82, 2.24) is 24.1 Å². The van der Waals surface area contributed by atoms with Crippen molar-refractivity contribution >= 4 is 28.2 Å². The Balaban J connectivity index is 2.06. The lowest BCUT2D eigenvalue weighted by Gasteiger charge is -2.14. The van der Waals surface area contributed by atoms with Crippen molar-refractivity contribution in [2.24, 2.45) is 0 Å². The first-order chi connectivity index (χ1) is 14.5. The van der Waals surface area contributed by atoms with Crippen LogP contribution < -0.4 is 5.56 Å². The Bertz CT molecular complexity index is 1350. The van der Waals surface area contributed by atoms with Gasteiger partial charge in [-0.3, -0.25) is 9.20 Å². The summed E-state index contributed by atoms with van der Waals surface area (Å²) in [6.45, 7) is 2.07. The second kappa shape index (κ2) is 7.87. The molecule has 0 bridgehead atoms.